The Morgan fingerprint density at radius 2 is 1.64 bits per heavy atom. The van der Waals surface area contributed by atoms with E-state index in [-0.39, 0.29) is 33.4 Å². The molecule has 0 aliphatic heterocycles. The number of nitrogens with zero attached hydrogens (tertiary/aromatic N) is 2. The number of imidazole rings is 1. The van der Waals surface area contributed by atoms with Crippen LogP contribution in [0.2, 0.25) is 0 Å². The number of carbonyl (C=O) groups excluding carboxylic acids is 3. The van der Waals surface area contributed by atoms with Crippen LogP contribution in [0.4, 0.5) is 0 Å². The zero-order valence-electron chi connectivity index (χ0n) is 10.9. The predicted octanol–water partition coefficient (Wildman–Crippen LogP) is -1.18. The molecule has 10 nitrogen and oxygen atoms in total. The Hall–Kier alpha value is -2.22. The first kappa shape index (κ1) is 28.0. The number of aromatic nitrogens is 2. The second-order valence-electron chi connectivity index (χ2n) is 3.03. The summed E-state index contributed by atoms with van der Waals surface area (Å²) in [6.07, 6.45) is 2.71. The van der Waals surface area contributed by atoms with Gasteiger partial charge < -0.3 is 55.3 Å². The molecule has 0 saturated heterocycles. The van der Waals surface area contributed by atoms with Gasteiger partial charge >= 0.3 is 5.97 Å². The molecule has 1 rings (SSSR count). The summed E-state index contributed by atoms with van der Waals surface area (Å²) in [5.41, 5.74) is 7.55. The average molecular weight is 482 g/mol. The number of carboxylic acid groups (broad SMARTS) is 2. The Bertz CT molecular complexity index is 423. The molecule has 0 amide bonds. The first-order chi connectivity index (χ1) is 9.99. The SMILES string of the molecule is [C-]=O.[C-]=O.[C-]=O.[NH-][C@@H](Cc1cn(CC(=O)O)cn1)C(=O)O.[Re]. The van der Waals surface area contributed by atoms with Crippen LogP contribution in [0.25, 0.3) is 5.73 Å². The maximum atomic E-state index is 10.4. The number of carboxylic acids is 2. The van der Waals surface area contributed by atoms with Crippen molar-refractivity contribution in [2.75, 3.05) is 0 Å². The van der Waals surface area contributed by atoms with Crippen molar-refractivity contribution in [3.8, 4) is 0 Å². The van der Waals surface area contributed by atoms with E-state index >= 15 is 0 Å². The van der Waals surface area contributed by atoms with Gasteiger partial charge in [-0.15, -0.1) is 0 Å². The summed E-state index contributed by atoms with van der Waals surface area (Å²) in [4.78, 5) is 47.0. The zero-order chi connectivity index (χ0) is 17.4. The third-order valence-corrected chi connectivity index (χ3v) is 1.72. The summed E-state index contributed by atoms with van der Waals surface area (Å²) in [7, 11) is 0. The maximum Gasteiger partial charge on any atom is 0.323 e. The minimum Gasteiger partial charge on any atom is -0.665 e. The minimum atomic E-state index is -1.27. The molecule has 3 N–H and O–H groups in total. The molecule has 1 atom stereocenters. The van der Waals surface area contributed by atoms with Crippen LogP contribution in [-0.2, 0) is 57.4 Å². The molecule has 22 heavy (non-hydrogen) atoms. The first-order valence-electron chi connectivity index (χ1n) is 4.76. The van der Waals surface area contributed by atoms with Gasteiger partial charge in [-0.3, -0.25) is 9.59 Å². The van der Waals surface area contributed by atoms with Crippen LogP contribution in [0.1, 0.15) is 5.69 Å². The number of carbonyl (C=O) groups is 2. The predicted molar refractivity (Wildman–Crippen MR) is 66.4 cm³/mol. The molecule has 0 spiro atoms. The second-order valence-corrected chi connectivity index (χ2v) is 3.03. The molecule has 0 aliphatic carbocycles. The largest absolute Gasteiger partial charge is 0.665 e. The van der Waals surface area contributed by atoms with Crippen LogP contribution >= 0.6 is 0 Å². The van der Waals surface area contributed by atoms with Crippen LogP contribution in [0, 0.1) is 0 Å². The maximum absolute atomic E-state index is 10.4. The Morgan fingerprint density at radius 1 is 1.18 bits per heavy atom. The Balaban J connectivity index is -0.000000206. The summed E-state index contributed by atoms with van der Waals surface area (Å²) in [6.45, 7) is 13.3. The fourth-order valence-corrected chi connectivity index (χ4v) is 1.05. The fraction of sp³-hybridized carbons (Fsp3) is 0.273. The first-order valence-corrected chi connectivity index (χ1v) is 4.76. The van der Waals surface area contributed by atoms with E-state index in [1.165, 1.54) is 17.1 Å². The molecule has 11 heteroatoms. The molecule has 1 aromatic rings. The number of nitrogens with one attached hydrogen (secondary N) is 1. The summed E-state index contributed by atoms with van der Waals surface area (Å²) >= 11 is 0. The van der Waals surface area contributed by atoms with Crippen LogP contribution in [0.15, 0.2) is 12.5 Å². The summed E-state index contributed by atoms with van der Waals surface area (Å²) in [5.74, 6) is -2.22. The molecule has 4 radical (unpaired) electrons. The molecule has 0 unspecified atom stereocenters. The van der Waals surface area contributed by atoms with Gasteiger partial charge in [-0.1, -0.05) is 0 Å². The third-order valence-electron chi connectivity index (χ3n) is 1.72. The molecular weight excluding hydrogens is 472 g/mol. The molecule has 0 saturated carbocycles. The molecule has 0 aliphatic rings. The van der Waals surface area contributed by atoms with Gasteiger partial charge in [0.05, 0.1) is 12.0 Å². The van der Waals surface area contributed by atoms with Crippen LogP contribution in [0.3, 0.4) is 0 Å². The van der Waals surface area contributed by atoms with Crippen molar-refractivity contribution in [3.63, 3.8) is 0 Å². The second kappa shape index (κ2) is 18.8. The molecular formula is C11H10N3O7Re-4. The number of rotatable bonds is 5. The van der Waals surface area contributed by atoms with E-state index in [0.29, 0.717) is 5.69 Å². The van der Waals surface area contributed by atoms with Crippen molar-refractivity contribution < 1.29 is 54.6 Å². The topological polar surface area (TPSA) is 167 Å². The fourth-order valence-electron chi connectivity index (χ4n) is 1.05. The molecule has 1 heterocycles. The molecule has 0 fully saturated rings. The molecule has 0 bridgehead atoms. The number of aliphatic carboxylic acids is 2. The van der Waals surface area contributed by atoms with Gasteiger partial charge in [0.15, 0.2) is 0 Å². The quantitative estimate of drug-likeness (QED) is 0.495. The number of hydrogen-bond acceptors (Lipinski definition) is 6. The van der Waals surface area contributed by atoms with E-state index in [0.717, 1.165) is 0 Å². The van der Waals surface area contributed by atoms with Crippen molar-refractivity contribution >= 4 is 32.3 Å². The van der Waals surface area contributed by atoms with Crippen LogP contribution in [0.5, 0.6) is 0 Å². The average Bonchev–Trinajstić information content (AvgIpc) is 2.91. The minimum absolute atomic E-state index is 0. The van der Waals surface area contributed by atoms with Crippen molar-refractivity contribution in [2.24, 2.45) is 0 Å². The van der Waals surface area contributed by atoms with Crippen molar-refractivity contribution in [1.82, 2.24) is 9.55 Å². The van der Waals surface area contributed by atoms with Crippen molar-refractivity contribution in [2.45, 2.75) is 19.0 Å². The van der Waals surface area contributed by atoms with Gasteiger partial charge in [0.1, 0.15) is 6.54 Å². The van der Waals surface area contributed by atoms with E-state index < -0.39 is 18.0 Å². The third kappa shape index (κ3) is 14.2. The standard InChI is InChI=1S/C8H10N3O4.3CO.Re/c9-6(8(14)15)1-5-2-11(4-10-5)3-7(12)13;3*1-2;/h2,4,6,9H,1,3H2,(H,12,13)(H,14,15);;;;/q4*-1;/t6-;;;;/m0..../s1. The van der Waals surface area contributed by atoms with Crippen LogP contribution < -0.4 is 0 Å². The van der Waals surface area contributed by atoms with E-state index in [4.69, 9.17) is 30.3 Å². The summed E-state index contributed by atoms with van der Waals surface area (Å²) < 4.78 is 1.33. The molecule has 0 aromatic carbocycles. The van der Waals surface area contributed by atoms with E-state index in [9.17, 15) is 9.59 Å². The molecule has 1 aromatic heterocycles. The van der Waals surface area contributed by atoms with E-state index in [1.54, 1.807) is 0 Å². The van der Waals surface area contributed by atoms with Gasteiger partial charge in [0.25, 0.3) is 5.97 Å². The van der Waals surface area contributed by atoms with Gasteiger partial charge in [0, 0.05) is 26.6 Å². The van der Waals surface area contributed by atoms with Gasteiger partial charge in [-0.25, -0.2) is 4.98 Å². The number of hydrogen-bond donors (Lipinski definition) is 2. The van der Waals surface area contributed by atoms with Crippen molar-refractivity contribution in [3.05, 3.63) is 24.0 Å². The Kier molecular flexibility index (Phi) is 23.9. The summed E-state index contributed by atoms with van der Waals surface area (Å²) in [6, 6.07) is -1.27. The van der Waals surface area contributed by atoms with E-state index in [2.05, 4.69) is 25.4 Å². The van der Waals surface area contributed by atoms with Gasteiger partial charge in [0.2, 0.25) is 0 Å². The summed E-state index contributed by atoms with van der Waals surface area (Å²) in [5, 5.41) is 16.9. The van der Waals surface area contributed by atoms with Crippen molar-refractivity contribution in [1.29, 1.82) is 0 Å². The van der Waals surface area contributed by atoms with Gasteiger partial charge in [-0.2, -0.15) is 0 Å². The van der Waals surface area contributed by atoms with E-state index in [1.807, 2.05) is 0 Å². The van der Waals surface area contributed by atoms with Gasteiger partial charge in [-0.05, 0) is 12.5 Å². The normalized spacial score (nSPS) is 8.95. The van der Waals surface area contributed by atoms with Crippen LogP contribution in [-0.4, -0.2) is 58.1 Å². The monoisotopic (exact) mass is 483 g/mol. The smallest absolute Gasteiger partial charge is 0.323 e. The Morgan fingerprint density at radius 3 is 2.00 bits per heavy atom. The molecule has 122 valence electrons. The Labute approximate surface area is 140 Å². The zero-order valence-corrected chi connectivity index (χ0v) is 13.6.